The Labute approximate surface area is 475 Å². The Hall–Kier alpha value is -1.66. The highest BCUT2D eigenvalue weighted by Gasteiger charge is 2.20. The smallest absolute Gasteiger partial charge is 0.305 e. The topological polar surface area (TPSA) is 95.9 Å². The van der Waals surface area contributed by atoms with Crippen molar-refractivity contribution in [1.29, 1.82) is 0 Å². The summed E-state index contributed by atoms with van der Waals surface area (Å²) in [6.07, 6.45) is 82.1. The van der Waals surface area contributed by atoms with Crippen LogP contribution >= 0.6 is 0 Å². The Morgan fingerprint density at radius 2 is 0.658 bits per heavy atom. The third-order valence-electron chi connectivity index (χ3n) is 16.3. The van der Waals surface area contributed by atoms with E-state index in [0.29, 0.717) is 25.9 Å². The lowest BCUT2D eigenvalue weighted by atomic mass is 10.0. The normalized spacial score (nSPS) is 12.6. The van der Waals surface area contributed by atoms with Crippen LogP contribution in [0.5, 0.6) is 0 Å². The molecule has 2 atom stereocenters. The van der Waals surface area contributed by atoms with E-state index in [1.807, 2.05) is 0 Å². The lowest BCUT2D eigenvalue weighted by molar-refractivity contribution is -0.143. The van der Waals surface area contributed by atoms with Gasteiger partial charge in [-0.3, -0.25) is 9.59 Å². The fourth-order valence-corrected chi connectivity index (χ4v) is 11.0. The molecule has 0 spiro atoms. The highest BCUT2D eigenvalue weighted by Crippen LogP contribution is 2.19. The Balaban J connectivity index is 3.39. The van der Waals surface area contributed by atoms with Crippen LogP contribution in [0, 0.1) is 0 Å². The van der Waals surface area contributed by atoms with Crippen molar-refractivity contribution >= 4 is 11.9 Å². The Kier molecular flexibility index (Phi) is 64.4. The van der Waals surface area contributed by atoms with Crippen LogP contribution in [0.3, 0.4) is 0 Å². The molecule has 0 aliphatic carbocycles. The van der Waals surface area contributed by atoms with Crippen molar-refractivity contribution in [3.63, 3.8) is 0 Å². The first-order valence-electron chi connectivity index (χ1n) is 34.6. The molecule has 450 valence electrons. The minimum Gasteiger partial charge on any atom is -0.466 e. The predicted molar refractivity (Wildman–Crippen MR) is 333 cm³/mol. The van der Waals surface area contributed by atoms with Gasteiger partial charge in [0.2, 0.25) is 5.91 Å². The summed E-state index contributed by atoms with van der Waals surface area (Å²) in [6.45, 7) is 4.96. The number of ether oxygens (including phenoxy) is 1. The van der Waals surface area contributed by atoms with Gasteiger partial charge < -0.3 is 20.3 Å². The van der Waals surface area contributed by atoms with Crippen LogP contribution < -0.4 is 5.32 Å². The Bertz CT molecular complexity index is 1190. The van der Waals surface area contributed by atoms with E-state index in [1.54, 1.807) is 0 Å². The molecular weight excluding hydrogens is 935 g/mol. The molecule has 0 aromatic carbocycles. The van der Waals surface area contributed by atoms with Crippen LogP contribution in [-0.4, -0.2) is 47.4 Å². The van der Waals surface area contributed by atoms with Gasteiger partial charge >= 0.3 is 5.97 Å². The van der Waals surface area contributed by atoms with Gasteiger partial charge in [-0.05, 0) is 57.8 Å². The predicted octanol–water partition coefficient (Wildman–Crippen LogP) is 22.1. The van der Waals surface area contributed by atoms with E-state index in [4.69, 9.17) is 4.74 Å². The summed E-state index contributed by atoms with van der Waals surface area (Å²) in [7, 11) is 0. The monoisotopic (exact) mass is 1070 g/mol. The summed E-state index contributed by atoms with van der Waals surface area (Å²) in [5, 5.41) is 23.4. The lowest BCUT2D eigenvalue weighted by Gasteiger charge is -2.22. The van der Waals surface area contributed by atoms with Crippen LogP contribution in [0.2, 0.25) is 0 Å². The Morgan fingerprint density at radius 3 is 1.01 bits per heavy atom. The Morgan fingerprint density at radius 1 is 0.368 bits per heavy atom. The first-order valence-corrected chi connectivity index (χ1v) is 34.6. The van der Waals surface area contributed by atoms with E-state index >= 15 is 0 Å². The molecule has 0 heterocycles. The maximum atomic E-state index is 12.5. The second-order valence-electron chi connectivity index (χ2n) is 23.9. The zero-order valence-electron chi connectivity index (χ0n) is 51.5. The van der Waals surface area contributed by atoms with E-state index in [0.717, 1.165) is 51.4 Å². The number of carbonyl (C=O) groups is 2. The number of aliphatic hydroxyl groups is 2. The van der Waals surface area contributed by atoms with Crippen molar-refractivity contribution in [2.75, 3.05) is 13.2 Å². The summed E-state index contributed by atoms with van der Waals surface area (Å²) in [5.74, 6) is -0.0323. The number of carbonyl (C=O) groups excluding carboxylic acids is 2. The van der Waals surface area contributed by atoms with Crippen molar-refractivity contribution in [2.24, 2.45) is 0 Å². The zero-order chi connectivity index (χ0) is 55.0. The van der Waals surface area contributed by atoms with Gasteiger partial charge in [0.15, 0.2) is 0 Å². The number of amides is 1. The molecule has 6 heteroatoms. The number of esters is 1. The van der Waals surface area contributed by atoms with Gasteiger partial charge in [0.1, 0.15) is 0 Å². The first kappa shape index (κ1) is 74.3. The molecule has 1 amide bonds. The average Bonchev–Trinajstić information content (AvgIpc) is 3.42. The van der Waals surface area contributed by atoms with Crippen molar-refractivity contribution < 1.29 is 24.5 Å². The fraction of sp³-hybridized carbons (Fsp3) is 0.914. The molecule has 0 radical (unpaired) electrons. The van der Waals surface area contributed by atoms with Crippen LogP contribution in [0.25, 0.3) is 0 Å². The molecule has 0 saturated heterocycles. The minimum atomic E-state index is -0.666. The number of nitrogens with one attached hydrogen (secondary N) is 1. The molecule has 6 nitrogen and oxygen atoms in total. The van der Waals surface area contributed by atoms with E-state index in [2.05, 4.69) is 43.5 Å². The minimum absolute atomic E-state index is 0.000471. The lowest BCUT2D eigenvalue weighted by Crippen LogP contribution is -2.45. The van der Waals surface area contributed by atoms with Gasteiger partial charge in [-0.15, -0.1) is 0 Å². The molecular formula is C70H135NO5. The zero-order valence-corrected chi connectivity index (χ0v) is 51.5. The third kappa shape index (κ3) is 61.6. The molecule has 0 rings (SSSR count). The number of hydrogen-bond acceptors (Lipinski definition) is 5. The van der Waals surface area contributed by atoms with E-state index in [1.165, 1.54) is 302 Å². The fourth-order valence-electron chi connectivity index (χ4n) is 11.0. The largest absolute Gasteiger partial charge is 0.466 e. The molecule has 3 N–H and O–H groups in total. The molecule has 0 saturated carbocycles. The van der Waals surface area contributed by atoms with Crippen LogP contribution in [0.15, 0.2) is 24.3 Å². The van der Waals surface area contributed by atoms with Gasteiger partial charge in [-0.1, -0.05) is 340 Å². The SMILES string of the molecule is CCCCCC/C=C\C/C=C\CCCCCCCC(=O)OCCCCCCCCCCCCCCCCCCCCCCCC(=O)NC(CO)C(O)CCCCCCCCCCCCCCCCCCCCCCCC. The highest BCUT2D eigenvalue weighted by atomic mass is 16.5. The molecule has 0 aliphatic rings. The van der Waals surface area contributed by atoms with Crippen LogP contribution in [0.4, 0.5) is 0 Å². The van der Waals surface area contributed by atoms with Crippen LogP contribution in [-0.2, 0) is 14.3 Å². The molecule has 0 fully saturated rings. The average molecular weight is 1070 g/mol. The molecule has 0 aromatic rings. The first-order chi connectivity index (χ1) is 37.5. The number of hydrogen-bond donors (Lipinski definition) is 3. The second-order valence-corrected chi connectivity index (χ2v) is 23.9. The van der Waals surface area contributed by atoms with Crippen molar-refractivity contribution in [3.05, 3.63) is 24.3 Å². The molecule has 2 unspecified atom stereocenters. The number of rotatable bonds is 65. The van der Waals surface area contributed by atoms with E-state index in [9.17, 15) is 19.8 Å². The molecule has 0 aliphatic heterocycles. The molecule has 0 bridgehead atoms. The number of allylic oxidation sites excluding steroid dienone is 4. The summed E-state index contributed by atoms with van der Waals surface area (Å²) < 4.78 is 5.49. The summed E-state index contributed by atoms with van der Waals surface area (Å²) in [6, 6.07) is -0.544. The van der Waals surface area contributed by atoms with E-state index in [-0.39, 0.29) is 18.5 Å². The third-order valence-corrected chi connectivity index (χ3v) is 16.3. The molecule has 76 heavy (non-hydrogen) atoms. The number of unbranched alkanes of at least 4 members (excludes halogenated alkanes) is 50. The number of aliphatic hydroxyl groups excluding tert-OH is 2. The summed E-state index contributed by atoms with van der Waals surface area (Å²) >= 11 is 0. The van der Waals surface area contributed by atoms with Crippen molar-refractivity contribution in [3.8, 4) is 0 Å². The standard InChI is InChI=1S/C70H135NO5/c1-3-5-7-9-11-13-15-17-19-21-22-23-25-28-31-34-38-42-46-50-54-58-62-68(73)67(66-72)71-69(74)63-59-55-51-47-43-39-35-32-29-26-24-27-30-33-37-41-45-49-53-57-61-65-76-70(75)64-60-56-52-48-44-40-36-20-18-16-14-12-10-8-6-4-2/h14,16,20,36,67-68,72-73H,3-13,15,17-19,21-35,37-66H2,1-2H3,(H,71,74)/b16-14-,36-20-. The maximum Gasteiger partial charge on any atom is 0.305 e. The second kappa shape index (κ2) is 65.9. The maximum absolute atomic E-state index is 12.5. The van der Waals surface area contributed by atoms with Gasteiger partial charge in [-0.2, -0.15) is 0 Å². The van der Waals surface area contributed by atoms with Crippen molar-refractivity contribution in [2.45, 2.75) is 398 Å². The molecule has 0 aromatic heterocycles. The van der Waals surface area contributed by atoms with Gasteiger partial charge in [0, 0.05) is 12.8 Å². The van der Waals surface area contributed by atoms with Gasteiger partial charge in [0.05, 0.1) is 25.4 Å². The highest BCUT2D eigenvalue weighted by molar-refractivity contribution is 5.76. The van der Waals surface area contributed by atoms with Crippen molar-refractivity contribution in [1.82, 2.24) is 5.32 Å². The van der Waals surface area contributed by atoms with Gasteiger partial charge in [-0.25, -0.2) is 0 Å². The van der Waals surface area contributed by atoms with E-state index < -0.39 is 12.1 Å². The quantitative estimate of drug-likeness (QED) is 0.0320. The summed E-state index contributed by atoms with van der Waals surface area (Å²) in [4.78, 5) is 24.6. The summed E-state index contributed by atoms with van der Waals surface area (Å²) in [5.41, 5.74) is 0. The van der Waals surface area contributed by atoms with Gasteiger partial charge in [0.25, 0.3) is 0 Å². The van der Waals surface area contributed by atoms with Crippen LogP contribution in [0.1, 0.15) is 386 Å².